The molecule has 2 heterocycles. The summed E-state index contributed by atoms with van der Waals surface area (Å²) in [7, 11) is 0. The van der Waals surface area contributed by atoms with E-state index in [1.54, 1.807) is 0 Å². The highest BCUT2D eigenvalue weighted by atomic mass is 32.1. The second-order valence-corrected chi connectivity index (χ2v) is 3.79. The average molecular weight is 209 g/mol. The molecule has 0 aliphatic rings. The number of nitrogens with two attached hydrogens (primary N) is 1. The number of fused-ring (bicyclic) bond motifs is 1. The number of nitrogens with one attached hydrogen (secondary N) is 2. The Kier molecular flexibility index (Phi) is 1.85. The molecular formula is C9H11N3OS. The number of aromatic nitrogens is 2. The third kappa shape index (κ3) is 1.05. The van der Waals surface area contributed by atoms with Crippen LogP contribution in [-0.2, 0) is 0 Å². The molecule has 0 fully saturated rings. The minimum atomic E-state index is -0.264. The van der Waals surface area contributed by atoms with Crippen LogP contribution in [-0.4, -0.2) is 9.97 Å². The zero-order valence-corrected chi connectivity index (χ0v) is 8.83. The minimum absolute atomic E-state index is 0.264. The monoisotopic (exact) mass is 209 g/mol. The molecule has 0 aliphatic heterocycles. The summed E-state index contributed by atoms with van der Waals surface area (Å²) in [6.07, 6.45) is 0. The molecule has 0 spiro atoms. The third-order valence-corrected chi connectivity index (χ3v) is 2.92. The van der Waals surface area contributed by atoms with Crippen LogP contribution in [0, 0.1) is 13.8 Å². The van der Waals surface area contributed by atoms with Crippen molar-refractivity contribution in [3.8, 4) is 0 Å². The van der Waals surface area contributed by atoms with Crippen LogP contribution in [0.2, 0.25) is 0 Å². The van der Waals surface area contributed by atoms with Gasteiger partial charge in [0.2, 0.25) is 0 Å². The van der Waals surface area contributed by atoms with Crippen molar-refractivity contribution < 1.29 is 0 Å². The van der Waals surface area contributed by atoms with E-state index < -0.39 is 0 Å². The van der Waals surface area contributed by atoms with Crippen LogP contribution in [0.15, 0.2) is 9.69 Å². The van der Waals surface area contributed by atoms with Gasteiger partial charge in [-0.15, -0.1) is 12.6 Å². The summed E-state index contributed by atoms with van der Waals surface area (Å²) in [5.74, 6) is 0. The maximum Gasteiger partial charge on any atom is 0.265 e. The molecule has 14 heavy (non-hydrogen) atoms. The van der Waals surface area contributed by atoms with E-state index in [0.717, 1.165) is 16.6 Å². The number of anilines is 1. The first-order valence-electron chi connectivity index (χ1n) is 4.22. The van der Waals surface area contributed by atoms with Crippen LogP contribution >= 0.6 is 12.6 Å². The highest BCUT2D eigenvalue weighted by Gasteiger charge is 2.12. The summed E-state index contributed by atoms with van der Waals surface area (Å²) in [6, 6.07) is 0. The quantitative estimate of drug-likeness (QED) is 0.494. The predicted octanol–water partition coefficient (Wildman–Crippen LogP) is 1.34. The lowest BCUT2D eigenvalue weighted by Gasteiger charge is -2.00. The highest BCUT2D eigenvalue weighted by Crippen LogP contribution is 2.27. The van der Waals surface area contributed by atoms with Crippen molar-refractivity contribution in [3.05, 3.63) is 21.6 Å². The van der Waals surface area contributed by atoms with Crippen molar-refractivity contribution in [2.45, 2.75) is 18.7 Å². The second-order valence-electron chi connectivity index (χ2n) is 3.34. The minimum Gasteiger partial charge on any atom is -0.397 e. The largest absolute Gasteiger partial charge is 0.397 e. The second kappa shape index (κ2) is 2.81. The number of thiol groups is 1. The van der Waals surface area contributed by atoms with E-state index in [4.69, 9.17) is 5.73 Å². The standard InChI is InChI=1S/C9H11N3OS/c1-3-4(2)11-8-5(3)6(10)7(14)9(13)12-8/h14H,1-2H3,(H4,10,11,12,13). The topological polar surface area (TPSA) is 74.7 Å². The Morgan fingerprint density at radius 3 is 2.57 bits per heavy atom. The van der Waals surface area contributed by atoms with Gasteiger partial charge in [0.05, 0.1) is 10.6 Å². The normalized spacial score (nSPS) is 11.1. The van der Waals surface area contributed by atoms with E-state index in [-0.39, 0.29) is 10.5 Å². The number of nitrogen functional groups attached to an aromatic ring is 1. The summed E-state index contributed by atoms with van der Waals surface area (Å²) < 4.78 is 0. The number of rotatable bonds is 0. The summed E-state index contributed by atoms with van der Waals surface area (Å²) in [6.45, 7) is 3.89. The van der Waals surface area contributed by atoms with Crippen LogP contribution < -0.4 is 11.3 Å². The smallest absolute Gasteiger partial charge is 0.265 e. The van der Waals surface area contributed by atoms with E-state index in [0.29, 0.717) is 11.3 Å². The summed E-state index contributed by atoms with van der Waals surface area (Å²) in [4.78, 5) is 17.4. The third-order valence-electron chi connectivity index (χ3n) is 2.48. The predicted molar refractivity (Wildman–Crippen MR) is 60.1 cm³/mol. The lowest BCUT2D eigenvalue weighted by atomic mass is 10.2. The Bertz CT molecular complexity index is 567. The van der Waals surface area contributed by atoms with Gasteiger partial charge in [-0.05, 0) is 19.4 Å². The SMILES string of the molecule is Cc1[nH]c2[nH]c(=O)c(S)c(N)c2c1C. The van der Waals surface area contributed by atoms with Crippen LogP contribution in [0.5, 0.6) is 0 Å². The summed E-state index contributed by atoms with van der Waals surface area (Å²) in [5, 5.41) is 0.854. The number of aromatic amines is 2. The molecule has 2 aromatic heterocycles. The molecule has 2 rings (SSSR count). The Labute approximate surface area is 85.9 Å². The van der Waals surface area contributed by atoms with Crippen molar-refractivity contribution in [2.75, 3.05) is 5.73 Å². The molecule has 0 bridgehead atoms. The van der Waals surface area contributed by atoms with Crippen LogP contribution in [0.4, 0.5) is 5.69 Å². The highest BCUT2D eigenvalue weighted by molar-refractivity contribution is 7.80. The fraction of sp³-hybridized carbons (Fsp3) is 0.222. The Morgan fingerprint density at radius 2 is 1.93 bits per heavy atom. The van der Waals surface area contributed by atoms with Crippen LogP contribution in [0.3, 0.4) is 0 Å². The van der Waals surface area contributed by atoms with Crippen LogP contribution in [0.25, 0.3) is 11.0 Å². The molecule has 0 saturated heterocycles. The van der Waals surface area contributed by atoms with Crippen molar-refractivity contribution in [1.82, 2.24) is 9.97 Å². The zero-order valence-electron chi connectivity index (χ0n) is 7.93. The van der Waals surface area contributed by atoms with Gasteiger partial charge in [-0.2, -0.15) is 0 Å². The molecule has 2 aromatic rings. The number of aryl methyl sites for hydroxylation is 2. The Morgan fingerprint density at radius 1 is 1.29 bits per heavy atom. The molecule has 0 radical (unpaired) electrons. The van der Waals surface area contributed by atoms with Crippen LogP contribution in [0.1, 0.15) is 11.3 Å². The molecule has 5 heteroatoms. The first-order chi connectivity index (χ1) is 6.52. The van der Waals surface area contributed by atoms with Gasteiger partial charge in [-0.3, -0.25) is 4.79 Å². The fourth-order valence-corrected chi connectivity index (χ4v) is 1.73. The van der Waals surface area contributed by atoms with Gasteiger partial charge in [0.1, 0.15) is 5.65 Å². The number of H-pyrrole nitrogens is 2. The zero-order chi connectivity index (χ0) is 10.5. The lowest BCUT2D eigenvalue weighted by Crippen LogP contribution is -2.10. The van der Waals surface area contributed by atoms with E-state index in [1.807, 2.05) is 13.8 Å². The van der Waals surface area contributed by atoms with Gasteiger partial charge < -0.3 is 15.7 Å². The maximum absolute atomic E-state index is 11.3. The molecule has 4 N–H and O–H groups in total. The molecule has 0 amide bonds. The average Bonchev–Trinajstić information content (AvgIpc) is 2.39. The van der Waals surface area contributed by atoms with Crippen molar-refractivity contribution >= 4 is 29.3 Å². The fourth-order valence-electron chi connectivity index (χ4n) is 1.56. The summed E-state index contributed by atoms with van der Waals surface area (Å²) in [5.41, 5.74) is 8.70. The van der Waals surface area contributed by atoms with Gasteiger partial charge in [0.15, 0.2) is 0 Å². The molecule has 0 atom stereocenters. The Hall–Kier alpha value is -1.36. The number of hydrogen-bond donors (Lipinski definition) is 4. The molecule has 0 aliphatic carbocycles. The summed E-state index contributed by atoms with van der Waals surface area (Å²) >= 11 is 4.06. The van der Waals surface area contributed by atoms with Gasteiger partial charge in [0.25, 0.3) is 5.56 Å². The molecular weight excluding hydrogens is 198 g/mol. The van der Waals surface area contributed by atoms with Crippen molar-refractivity contribution in [3.63, 3.8) is 0 Å². The van der Waals surface area contributed by atoms with Gasteiger partial charge >= 0.3 is 0 Å². The van der Waals surface area contributed by atoms with Gasteiger partial charge in [-0.25, -0.2) is 0 Å². The van der Waals surface area contributed by atoms with E-state index in [9.17, 15) is 4.79 Å². The number of hydrogen-bond acceptors (Lipinski definition) is 3. The molecule has 0 aromatic carbocycles. The van der Waals surface area contributed by atoms with Crippen molar-refractivity contribution in [2.24, 2.45) is 0 Å². The molecule has 0 unspecified atom stereocenters. The molecule has 74 valence electrons. The van der Waals surface area contributed by atoms with Gasteiger partial charge in [-0.1, -0.05) is 0 Å². The first-order valence-corrected chi connectivity index (χ1v) is 4.66. The van der Waals surface area contributed by atoms with E-state index >= 15 is 0 Å². The first kappa shape index (κ1) is 9.21. The lowest BCUT2D eigenvalue weighted by molar-refractivity contribution is 1.16. The Balaban J connectivity index is 3.07. The van der Waals surface area contributed by atoms with E-state index in [2.05, 4.69) is 22.6 Å². The van der Waals surface area contributed by atoms with Crippen molar-refractivity contribution in [1.29, 1.82) is 0 Å². The number of pyridine rings is 1. The van der Waals surface area contributed by atoms with Gasteiger partial charge in [0, 0.05) is 11.1 Å². The maximum atomic E-state index is 11.3. The van der Waals surface area contributed by atoms with E-state index in [1.165, 1.54) is 0 Å². The molecule has 0 saturated carbocycles. The molecule has 4 nitrogen and oxygen atoms in total.